The van der Waals surface area contributed by atoms with Gasteiger partial charge in [-0.15, -0.1) is 0 Å². The molecule has 0 fully saturated rings. The molecule has 1 amide bonds. The molecule has 0 atom stereocenters. The molecule has 0 bridgehead atoms. The van der Waals surface area contributed by atoms with E-state index in [4.69, 9.17) is 11.1 Å². The van der Waals surface area contributed by atoms with Crippen LogP contribution in [0.2, 0.25) is 0 Å². The van der Waals surface area contributed by atoms with Crippen LogP contribution >= 0.6 is 0 Å². The van der Waals surface area contributed by atoms with Crippen molar-refractivity contribution in [3.63, 3.8) is 0 Å². The highest BCUT2D eigenvalue weighted by Crippen LogP contribution is 2.12. The minimum Gasteiger partial charge on any atom is -0.364 e. The van der Waals surface area contributed by atoms with Gasteiger partial charge in [0.1, 0.15) is 5.71 Å². The largest absolute Gasteiger partial charge is 0.364 e. The van der Waals surface area contributed by atoms with Gasteiger partial charge in [-0.25, -0.2) is 0 Å². The van der Waals surface area contributed by atoms with Crippen LogP contribution in [0.1, 0.15) is 64.7 Å². The molecule has 0 radical (unpaired) electrons. The van der Waals surface area contributed by atoms with Crippen molar-refractivity contribution in [2.45, 2.75) is 61.8 Å². The fourth-order valence-electron chi connectivity index (χ4n) is 1.15. The third-order valence-corrected chi connectivity index (χ3v) is 2.12. The van der Waals surface area contributed by atoms with E-state index in [2.05, 4.69) is 13.8 Å². The molecule has 0 aromatic heterocycles. The lowest BCUT2D eigenvalue weighted by molar-refractivity contribution is -0.112. The highest BCUT2D eigenvalue weighted by molar-refractivity contribution is 6.43. The van der Waals surface area contributed by atoms with E-state index in [1.54, 1.807) is 6.07 Å². The third-order valence-electron chi connectivity index (χ3n) is 2.12. The van der Waals surface area contributed by atoms with Crippen molar-refractivity contribution in [2.75, 3.05) is 0 Å². The first kappa shape index (κ1) is 23.5. The molecule has 0 spiro atoms. The predicted octanol–water partition coefficient (Wildman–Crippen LogP) is 4.63. The van der Waals surface area contributed by atoms with Gasteiger partial charge in [0.25, 0.3) is 5.91 Å². The molecule has 3 nitrogen and oxygen atoms in total. The molecular weight excluding hydrogens is 248 g/mol. The van der Waals surface area contributed by atoms with E-state index in [1.807, 2.05) is 53.7 Å². The van der Waals surface area contributed by atoms with Crippen molar-refractivity contribution in [2.24, 2.45) is 5.73 Å². The van der Waals surface area contributed by atoms with Crippen molar-refractivity contribution >= 4 is 11.6 Å². The number of benzene rings is 1. The maximum atomic E-state index is 10.8. The van der Waals surface area contributed by atoms with Crippen LogP contribution < -0.4 is 5.73 Å². The zero-order valence-corrected chi connectivity index (χ0v) is 14.4. The molecular formula is C17H32N2O. The number of nitrogens with two attached hydrogens (primary N) is 1. The first-order chi connectivity index (χ1) is 9.45. The summed E-state index contributed by atoms with van der Waals surface area (Å²) in [6.45, 7) is 16.1. The Morgan fingerprint density at radius 3 is 1.85 bits per heavy atom. The SMILES string of the molecule is CC.CC.CCC.Cc1cccc(C(=N)C(N)=O)c1C. The normalized spacial score (nSPS) is 7.80. The predicted molar refractivity (Wildman–Crippen MR) is 90.6 cm³/mol. The highest BCUT2D eigenvalue weighted by atomic mass is 16.1. The maximum absolute atomic E-state index is 10.8. The van der Waals surface area contributed by atoms with E-state index >= 15 is 0 Å². The van der Waals surface area contributed by atoms with Gasteiger partial charge in [0.2, 0.25) is 0 Å². The molecule has 20 heavy (non-hydrogen) atoms. The van der Waals surface area contributed by atoms with Crippen molar-refractivity contribution in [3.05, 3.63) is 34.9 Å². The van der Waals surface area contributed by atoms with Gasteiger partial charge >= 0.3 is 0 Å². The Kier molecular flexibility index (Phi) is 18.1. The zero-order chi connectivity index (χ0) is 16.7. The molecule has 116 valence electrons. The monoisotopic (exact) mass is 280 g/mol. The summed E-state index contributed by atoms with van der Waals surface area (Å²) in [5.74, 6) is -0.686. The molecule has 0 aliphatic heterocycles. The van der Waals surface area contributed by atoms with Crippen molar-refractivity contribution in [3.8, 4) is 0 Å². The highest BCUT2D eigenvalue weighted by Gasteiger charge is 2.10. The zero-order valence-electron chi connectivity index (χ0n) is 14.4. The summed E-state index contributed by atoms with van der Waals surface area (Å²) < 4.78 is 0. The molecule has 1 aromatic carbocycles. The smallest absolute Gasteiger partial charge is 0.267 e. The first-order valence-electron chi connectivity index (χ1n) is 7.40. The van der Waals surface area contributed by atoms with Gasteiger partial charge in [0.15, 0.2) is 0 Å². The quantitative estimate of drug-likeness (QED) is 0.762. The van der Waals surface area contributed by atoms with Crippen LogP contribution in [-0.2, 0) is 4.79 Å². The Balaban J connectivity index is -0.000000355. The van der Waals surface area contributed by atoms with Gasteiger partial charge in [-0.1, -0.05) is 66.2 Å². The molecule has 0 saturated carbocycles. The summed E-state index contributed by atoms with van der Waals surface area (Å²) in [6.07, 6.45) is 1.25. The van der Waals surface area contributed by atoms with Gasteiger partial charge in [0, 0.05) is 5.56 Å². The van der Waals surface area contributed by atoms with Gasteiger partial charge in [0.05, 0.1) is 0 Å². The number of carbonyl (C=O) groups is 1. The van der Waals surface area contributed by atoms with E-state index in [0.717, 1.165) is 11.1 Å². The van der Waals surface area contributed by atoms with E-state index in [1.165, 1.54) is 6.42 Å². The standard InChI is InChI=1S/C10H12N2O.C3H8.2C2H6/c1-6-4-3-5-8(7(6)2)9(11)10(12)13;1-3-2;2*1-2/h3-5,11H,1-2H3,(H2,12,13);3H2,1-2H3;2*1-2H3. The average Bonchev–Trinajstić information content (AvgIpc) is 2.46. The summed E-state index contributed by atoms with van der Waals surface area (Å²) >= 11 is 0. The number of aryl methyl sites for hydroxylation is 1. The maximum Gasteiger partial charge on any atom is 0.267 e. The fourth-order valence-corrected chi connectivity index (χ4v) is 1.15. The number of primary amides is 1. The summed E-state index contributed by atoms with van der Waals surface area (Å²) in [5, 5.41) is 7.45. The molecule has 1 rings (SSSR count). The van der Waals surface area contributed by atoms with Gasteiger partial charge in [-0.2, -0.15) is 0 Å². The van der Waals surface area contributed by atoms with Gasteiger partial charge in [-0.3, -0.25) is 10.2 Å². The van der Waals surface area contributed by atoms with Crippen LogP contribution in [0.15, 0.2) is 18.2 Å². The Morgan fingerprint density at radius 1 is 1.10 bits per heavy atom. The van der Waals surface area contributed by atoms with Crippen LogP contribution in [0.4, 0.5) is 0 Å². The van der Waals surface area contributed by atoms with Gasteiger partial charge in [-0.05, 0) is 25.0 Å². The first-order valence-corrected chi connectivity index (χ1v) is 7.40. The summed E-state index contributed by atoms with van der Waals surface area (Å²) in [7, 11) is 0. The minimum absolute atomic E-state index is 0.124. The lowest BCUT2D eigenvalue weighted by atomic mass is 9.99. The average molecular weight is 280 g/mol. The topological polar surface area (TPSA) is 66.9 Å². The van der Waals surface area contributed by atoms with Crippen LogP contribution in [0.25, 0.3) is 0 Å². The van der Waals surface area contributed by atoms with Crippen LogP contribution in [0, 0.1) is 19.3 Å². The second kappa shape index (κ2) is 15.4. The Labute approximate surface area is 125 Å². The molecule has 0 unspecified atom stereocenters. The van der Waals surface area contributed by atoms with E-state index in [-0.39, 0.29) is 5.71 Å². The molecule has 0 saturated heterocycles. The van der Waals surface area contributed by atoms with E-state index in [0.29, 0.717) is 5.56 Å². The van der Waals surface area contributed by atoms with Crippen LogP contribution in [-0.4, -0.2) is 11.6 Å². The van der Waals surface area contributed by atoms with Gasteiger partial charge < -0.3 is 5.73 Å². The Hall–Kier alpha value is -1.64. The lowest BCUT2D eigenvalue weighted by Gasteiger charge is -2.06. The second-order valence-electron chi connectivity index (χ2n) is 3.69. The number of rotatable bonds is 2. The number of hydrogen-bond donors (Lipinski definition) is 2. The van der Waals surface area contributed by atoms with Crippen LogP contribution in [0.5, 0.6) is 0 Å². The minimum atomic E-state index is -0.686. The number of hydrogen-bond acceptors (Lipinski definition) is 2. The molecule has 0 aliphatic carbocycles. The number of carbonyl (C=O) groups excluding carboxylic acids is 1. The molecule has 0 aliphatic rings. The fraction of sp³-hybridized carbons (Fsp3) is 0.529. The number of amides is 1. The lowest BCUT2D eigenvalue weighted by Crippen LogP contribution is -2.24. The van der Waals surface area contributed by atoms with Crippen molar-refractivity contribution in [1.82, 2.24) is 0 Å². The van der Waals surface area contributed by atoms with E-state index < -0.39 is 5.91 Å². The molecule has 0 heterocycles. The molecule has 1 aromatic rings. The second-order valence-corrected chi connectivity index (χ2v) is 3.69. The van der Waals surface area contributed by atoms with Crippen molar-refractivity contribution in [1.29, 1.82) is 5.41 Å². The molecule has 3 N–H and O–H groups in total. The summed E-state index contributed by atoms with van der Waals surface area (Å²) in [4.78, 5) is 10.8. The third kappa shape index (κ3) is 9.31. The Morgan fingerprint density at radius 2 is 1.50 bits per heavy atom. The van der Waals surface area contributed by atoms with E-state index in [9.17, 15) is 4.79 Å². The Bertz CT molecular complexity index is 385. The summed E-state index contributed by atoms with van der Waals surface area (Å²) in [5.41, 5.74) is 7.51. The van der Waals surface area contributed by atoms with Crippen LogP contribution in [0.3, 0.4) is 0 Å². The summed E-state index contributed by atoms with van der Waals surface area (Å²) in [6, 6.07) is 5.48. The number of nitrogens with one attached hydrogen (secondary N) is 1. The van der Waals surface area contributed by atoms with Crippen molar-refractivity contribution < 1.29 is 4.79 Å². The molecule has 3 heteroatoms.